The normalized spacial score (nSPS) is 9.92. The fourth-order valence-electron chi connectivity index (χ4n) is 0.400. The van der Waals surface area contributed by atoms with Crippen molar-refractivity contribution in [3.8, 4) is 0 Å². The van der Waals surface area contributed by atoms with Crippen LogP contribution in [0.3, 0.4) is 0 Å². The molecule has 0 atom stereocenters. The molecule has 0 rings (SSSR count). The molecule has 0 aliphatic rings. The van der Waals surface area contributed by atoms with Crippen LogP contribution in [-0.4, -0.2) is 43.0 Å². The smallest absolute Gasteiger partial charge is 0.257 e. The summed E-state index contributed by atoms with van der Waals surface area (Å²) in [6.45, 7) is 0. The third kappa shape index (κ3) is 18.7. The fourth-order valence-corrected chi connectivity index (χ4v) is 0.400. The molecule has 0 radical (unpaired) electrons. The van der Waals surface area contributed by atoms with Crippen LogP contribution in [0.2, 0.25) is 0 Å². The first kappa shape index (κ1) is 15.4. The van der Waals surface area contributed by atoms with Crippen molar-refractivity contribution in [2.24, 2.45) is 0 Å². The van der Waals surface area contributed by atoms with E-state index in [4.69, 9.17) is 30.2 Å². The van der Waals surface area contributed by atoms with E-state index in [9.17, 15) is 0 Å². The zero-order chi connectivity index (χ0) is 11.2. The van der Waals surface area contributed by atoms with E-state index in [1.807, 2.05) is 37.7 Å². The van der Waals surface area contributed by atoms with Crippen LogP contribution in [0.25, 0.3) is 0 Å². The van der Waals surface area contributed by atoms with Crippen molar-refractivity contribution in [2.75, 3.05) is 28.2 Å². The van der Waals surface area contributed by atoms with Gasteiger partial charge in [0.15, 0.2) is 0 Å². The second-order valence-electron chi connectivity index (χ2n) is 2.44. The summed E-state index contributed by atoms with van der Waals surface area (Å²) >= 11 is 5.72. The molecule has 0 unspecified atom stereocenters. The molecule has 0 spiro atoms. The minimum atomic E-state index is -4.94. The maximum atomic E-state index is 8.49. The number of rotatable bonds is 0. The largest absolute Gasteiger partial charge is 0.344 e. The molecule has 0 N–H and O–H groups in total. The molecule has 0 heterocycles. The molecule has 8 heteroatoms. The first-order chi connectivity index (χ1) is 5.55. The van der Waals surface area contributed by atoms with Crippen LogP contribution in [0.1, 0.15) is 0 Å². The van der Waals surface area contributed by atoms with E-state index >= 15 is 0 Å². The Kier molecular flexibility index (Phi) is 7.52. The molecule has 0 aromatic carbocycles. The number of hydrogen-bond acceptors (Lipinski definition) is 4. The second kappa shape index (κ2) is 6.36. The van der Waals surface area contributed by atoms with Crippen LogP contribution in [0.5, 0.6) is 0 Å². The van der Waals surface area contributed by atoms with Crippen molar-refractivity contribution >= 4 is 16.9 Å². The lowest BCUT2D eigenvalue weighted by atomic mass is 10.9. The maximum Gasteiger partial charge on any atom is 0.344 e. The van der Waals surface area contributed by atoms with Gasteiger partial charge in [-0.2, -0.15) is 0 Å². The van der Waals surface area contributed by atoms with Crippen molar-refractivity contribution in [1.82, 2.24) is 4.90 Å². The van der Waals surface area contributed by atoms with E-state index in [0.717, 1.165) is 5.29 Å². The van der Waals surface area contributed by atoms with Gasteiger partial charge in [-0.1, -0.05) is 0 Å². The molecule has 0 aliphatic heterocycles. The Morgan fingerprint density at radius 3 is 1.38 bits per heavy atom. The molecular formula is C5H12Cl2N2O4. The molecule has 13 heavy (non-hydrogen) atoms. The van der Waals surface area contributed by atoms with Crippen molar-refractivity contribution in [3.05, 3.63) is 0 Å². The molecule has 6 nitrogen and oxygen atoms in total. The Morgan fingerprint density at radius 1 is 1.15 bits per heavy atom. The lowest BCUT2D eigenvalue weighted by Crippen LogP contribution is -2.68. The van der Waals surface area contributed by atoms with Gasteiger partial charge in [0, 0.05) is 11.6 Å². The van der Waals surface area contributed by atoms with E-state index in [1.54, 1.807) is 0 Å². The molecule has 0 aliphatic carbocycles. The quantitative estimate of drug-likeness (QED) is 0.183. The Balaban J connectivity index is 0. The molecule has 0 amide bonds. The van der Waals surface area contributed by atoms with E-state index in [-0.39, 0.29) is 0 Å². The highest BCUT2D eigenvalue weighted by Crippen LogP contribution is 1.85. The van der Waals surface area contributed by atoms with Crippen molar-refractivity contribution < 1.29 is 33.5 Å². The van der Waals surface area contributed by atoms with Crippen LogP contribution in [0.4, 0.5) is 0 Å². The summed E-state index contributed by atoms with van der Waals surface area (Å²) in [6, 6.07) is 0. The zero-order valence-electron chi connectivity index (χ0n) is 7.78. The molecule has 0 saturated carbocycles. The minimum absolute atomic E-state index is 0.741. The predicted molar refractivity (Wildman–Crippen MR) is 36.7 cm³/mol. The lowest BCUT2D eigenvalue weighted by molar-refractivity contribution is -2.00. The van der Waals surface area contributed by atoms with E-state index in [1.165, 1.54) is 0 Å². The maximum absolute atomic E-state index is 8.49. The van der Waals surface area contributed by atoms with Gasteiger partial charge in [-0.3, -0.25) is 9.48 Å². The summed E-state index contributed by atoms with van der Waals surface area (Å²) in [4.78, 5) is 1.85. The van der Waals surface area contributed by atoms with Gasteiger partial charge in [0.2, 0.25) is 0 Å². The second-order valence-corrected chi connectivity index (χ2v) is 3.53. The number of amidine groups is 1. The Hall–Kier alpha value is -0.110. The zero-order valence-corrected chi connectivity index (χ0v) is 9.30. The standard InChI is InChI=1S/C5H12ClN2.ClHO4/c1-7(2)5(6)8(3)4;2-1(3,4)5/h1-4H3;(H,2,3,4,5)/q+1;/p-1. The molecule has 0 fully saturated rings. The molecule has 80 valence electrons. The summed E-state index contributed by atoms with van der Waals surface area (Å²) in [6.07, 6.45) is 0. The molecule has 0 bridgehead atoms. The van der Waals surface area contributed by atoms with Gasteiger partial charge in [-0.15, -0.1) is 10.2 Å². The van der Waals surface area contributed by atoms with Gasteiger partial charge in [0.1, 0.15) is 0 Å². The van der Waals surface area contributed by atoms with Crippen molar-refractivity contribution in [3.63, 3.8) is 0 Å². The molecular weight excluding hydrogens is 223 g/mol. The first-order valence-corrected chi connectivity index (χ1v) is 4.65. The molecule has 0 saturated heterocycles. The van der Waals surface area contributed by atoms with Crippen LogP contribution < -0.4 is 18.6 Å². The SMILES string of the molecule is CN(C)C(Cl)=[N+](C)C.[O-][Cl+3]([O-])([O-])[O-]. The summed E-state index contributed by atoms with van der Waals surface area (Å²) in [5.41, 5.74) is 0. The average molecular weight is 235 g/mol. The topological polar surface area (TPSA) is 98.5 Å². The Labute approximate surface area is 84.0 Å². The van der Waals surface area contributed by atoms with Gasteiger partial charge in [0.05, 0.1) is 28.2 Å². The summed E-state index contributed by atoms with van der Waals surface area (Å²) in [5.74, 6) is 0. The highest BCUT2D eigenvalue weighted by Gasteiger charge is 2.03. The summed E-state index contributed by atoms with van der Waals surface area (Å²) < 4.78 is 35.8. The van der Waals surface area contributed by atoms with Crippen LogP contribution >= 0.6 is 11.6 Å². The van der Waals surface area contributed by atoms with Gasteiger partial charge in [-0.05, 0) is 0 Å². The number of halogens is 2. The van der Waals surface area contributed by atoms with Crippen LogP contribution in [0, 0.1) is 10.2 Å². The van der Waals surface area contributed by atoms with E-state index in [0.29, 0.717) is 0 Å². The van der Waals surface area contributed by atoms with Gasteiger partial charge >= 0.3 is 5.29 Å². The average Bonchev–Trinajstić information content (AvgIpc) is 1.81. The predicted octanol–water partition coefficient (Wildman–Crippen LogP) is -4.34. The van der Waals surface area contributed by atoms with Crippen molar-refractivity contribution in [2.45, 2.75) is 0 Å². The first-order valence-electron chi connectivity index (χ1n) is 3.04. The number of nitrogens with zero attached hydrogens (tertiary/aromatic N) is 2. The lowest BCUT2D eigenvalue weighted by Gasteiger charge is -2.17. The third-order valence-electron chi connectivity index (χ3n) is 0.738. The highest BCUT2D eigenvalue weighted by molar-refractivity contribution is 6.62. The van der Waals surface area contributed by atoms with Crippen LogP contribution in [-0.2, 0) is 0 Å². The third-order valence-corrected chi connectivity index (χ3v) is 1.41. The van der Waals surface area contributed by atoms with Gasteiger partial charge < -0.3 is 0 Å². The monoisotopic (exact) mass is 234 g/mol. The summed E-state index contributed by atoms with van der Waals surface area (Å²) in [7, 11) is 2.68. The van der Waals surface area contributed by atoms with Crippen molar-refractivity contribution in [1.29, 1.82) is 0 Å². The minimum Gasteiger partial charge on any atom is -0.257 e. The molecule has 0 aromatic rings. The fraction of sp³-hybridized carbons (Fsp3) is 0.800. The number of hydrogen-bond donors (Lipinski definition) is 0. The Bertz CT molecular complexity index is 168. The highest BCUT2D eigenvalue weighted by atomic mass is 35.7. The van der Waals surface area contributed by atoms with Gasteiger partial charge in [0.25, 0.3) is 0 Å². The van der Waals surface area contributed by atoms with E-state index in [2.05, 4.69) is 0 Å². The summed E-state index contributed by atoms with van der Waals surface area (Å²) in [5, 5.41) is 0.741. The van der Waals surface area contributed by atoms with Gasteiger partial charge in [-0.25, -0.2) is 18.6 Å². The molecule has 0 aromatic heterocycles. The Morgan fingerprint density at radius 2 is 1.38 bits per heavy atom. The van der Waals surface area contributed by atoms with Crippen LogP contribution in [0.15, 0.2) is 0 Å². The van der Waals surface area contributed by atoms with E-state index < -0.39 is 10.2 Å².